The number of fused-ring (bicyclic) bond motifs is 12. The molecule has 1 spiro atoms. The lowest BCUT2D eigenvalue weighted by atomic mass is 9.53. The fourth-order valence-corrected chi connectivity index (χ4v) is 7.53. The molecule has 2 fully saturated rings. The quantitative estimate of drug-likeness (QED) is 0.328. The van der Waals surface area contributed by atoms with Gasteiger partial charge in [0.15, 0.2) is 0 Å². The van der Waals surface area contributed by atoms with Crippen LogP contribution in [0.3, 0.4) is 0 Å². The Bertz CT molecular complexity index is 1280. The third-order valence-electron chi connectivity index (χ3n) is 8.52. The monoisotopic (exact) mass is 377 g/mol. The molecule has 0 aliphatic heterocycles. The summed E-state index contributed by atoms with van der Waals surface area (Å²) in [6.07, 6.45) is 6.96. The second-order valence-corrected chi connectivity index (χ2v) is 10.0. The van der Waals surface area contributed by atoms with Gasteiger partial charge in [0.05, 0.1) is 5.52 Å². The molecule has 3 aliphatic carbocycles. The lowest BCUT2D eigenvalue weighted by Crippen LogP contribution is -2.44. The maximum atomic E-state index is 3.81. The summed E-state index contributed by atoms with van der Waals surface area (Å²) in [5, 5.41) is 2.72. The number of hydrogen-bond donors (Lipinski definition) is 1. The lowest BCUT2D eigenvalue weighted by Gasteiger charge is -2.50. The number of H-pyrrole nitrogens is 1. The summed E-state index contributed by atoms with van der Waals surface area (Å²) in [5.41, 5.74) is 9.02. The molecule has 3 aliphatic rings. The molecular formula is C28H27N. The van der Waals surface area contributed by atoms with Crippen molar-refractivity contribution in [2.24, 2.45) is 17.8 Å². The van der Waals surface area contributed by atoms with E-state index in [1.54, 1.807) is 11.1 Å². The molecule has 1 heteroatoms. The Morgan fingerprint density at radius 1 is 0.828 bits per heavy atom. The SMILES string of the molecule is CC1CC2CCC3(c4ccccc4-c4c3ccc3c4[nH]c4ccccc43)C(C1)C2. The van der Waals surface area contributed by atoms with Crippen molar-refractivity contribution in [3.8, 4) is 11.1 Å². The number of para-hydroxylation sites is 1. The maximum Gasteiger partial charge on any atom is 0.0547 e. The zero-order valence-electron chi connectivity index (χ0n) is 17.0. The zero-order valence-corrected chi connectivity index (χ0v) is 17.0. The van der Waals surface area contributed by atoms with Crippen LogP contribution in [0.4, 0.5) is 0 Å². The largest absolute Gasteiger partial charge is 0.354 e. The summed E-state index contributed by atoms with van der Waals surface area (Å²) < 4.78 is 0. The van der Waals surface area contributed by atoms with Gasteiger partial charge in [-0.2, -0.15) is 0 Å². The van der Waals surface area contributed by atoms with Gasteiger partial charge >= 0.3 is 0 Å². The Hall–Kier alpha value is -2.54. The molecule has 0 amide bonds. The molecule has 1 heterocycles. The Morgan fingerprint density at radius 2 is 1.69 bits per heavy atom. The normalized spacial score (nSPS) is 30.0. The van der Waals surface area contributed by atoms with E-state index < -0.39 is 0 Å². The van der Waals surface area contributed by atoms with Crippen LogP contribution < -0.4 is 0 Å². The molecule has 0 radical (unpaired) electrons. The van der Waals surface area contributed by atoms with E-state index in [0.29, 0.717) is 0 Å². The standard InChI is InChI=1S/C28H27N/c1-17-14-18-12-13-28(19(15-17)16-18)23-8-4-2-7-22(23)26-24(28)11-10-21-20-6-3-5-9-25(20)29-27(21)26/h2-11,17-19,29H,12-16H2,1H3. The first-order valence-electron chi connectivity index (χ1n) is 11.4. The number of nitrogens with one attached hydrogen (secondary N) is 1. The van der Waals surface area contributed by atoms with E-state index in [1.807, 2.05) is 0 Å². The fourth-order valence-electron chi connectivity index (χ4n) is 7.53. The molecule has 4 atom stereocenters. The van der Waals surface area contributed by atoms with Gasteiger partial charge in [-0.15, -0.1) is 0 Å². The van der Waals surface area contributed by atoms with Crippen molar-refractivity contribution in [3.63, 3.8) is 0 Å². The molecule has 1 nitrogen and oxygen atoms in total. The number of benzene rings is 3. The first-order chi connectivity index (χ1) is 14.3. The molecule has 2 bridgehead atoms. The van der Waals surface area contributed by atoms with Gasteiger partial charge in [0.1, 0.15) is 0 Å². The molecular weight excluding hydrogens is 350 g/mol. The van der Waals surface area contributed by atoms with E-state index in [4.69, 9.17) is 0 Å². The van der Waals surface area contributed by atoms with Gasteiger partial charge in [-0.1, -0.05) is 61.5 Å². The van der Waals surface area contributed by atoms with Crippen LogP contribution in [0.5, 0.6) is 0 Å². The van der Waals surface area contributed by atoms with Gasteiger partial charge in [-0.05, 0) is 72.6 Å². The lowest BCUT2D eigenvalue weighted by molar-refractivity contribution is 0.0856. The summed E-state index contributed by atoms with van der Waals surface area (Å²) in [4.78, 5) is 3.81. The molecule has 1 N–H and O–H groups in total. The van der Waals surface area contributed by atoms with Crippen LogP contribution >= 0.6 is 0 Å². The minimum absolute atomic E-state index is 0.225. The molecule has 7 rings (SSSR count). The van der Waals surface area contributed by atoms with E-state index in [-0.39, 0.29) is 5.41 Å². The van der Waals surface area contributed by atoms with Gasteiger partial charge in [-0.3, -0.25) is 0 Å². The van der Waals surface area contributed by atoms with E-state index in [0.717, 1.165) is 17.8 Å². The van der Waals surface area contributed by atoms with E-state index in [9.17, 15) is 0 Å². The zero-order chi connectivity index (χ0) is 19.2. The van der Waals surface area contributed by atoms with Crippen LogP contribution in [0, 0.1) is 17.8 Å². The highest BCUT2D eigenvalue weighted by Crippen LogP contribution is 2.63. The van der Waals surface area contributed by atoms with Gasteiger partial charge < -0.3 is 4.98 Å². The van der Waals surface area contributed by atoms with Crippen molar-refractivity contribution in [3.05, 3.63) is 71.8 Å². The van der Waals surface area contributed by atoms with Gasteiger partial charge in [-0.25, -0.2) is 0 Å². The van der Waals surface area contributed by atoms with E-state index >= 15 is 0 Å². The summed E-state index contributed by atoms with van der Waals surface area (Å²) in [7, 11) is 0. The molecule has 3 aromatic carbocycles. The topological polar surface area (TPSA) is 15.8 Å². The highest BCUT2D eigenvalue weighted by Gasteiger charge is 2.53. The second kappa shape index (κ2) is 5.53. The summed E-state index contributed by atoms with van der Waals surface area (Å²) in [6, 6.07) is 23.0. The highest BCUT2D eigenvalue weighted by molar-refractivity contribution is 6.13. The molecule has 4 aromatic rings. The Kier molecular flexibility index (Phi) is 3.11. The van der Waals surface area contributed by atoms with Crippen molar-refractivity contribution in [1.82, 2.24) is 4.98 Å². The Labute approximate surface area is 172 Å². The van der Waals surface area contributed by atoms with Gasteiger partial charge in [0.25, 0.3) is 0 Å². The van der Waals surface area contributed by atoms with Crippen LogP contribution in [-0.2, 0) is 5.41 Å². The average Bonchev–Trinajstić information content (AvgIpc) is 3.25. The van der Waals surface area contributed by atoms with Crippen molar-refractivity contribution in [2.45, 2.75) is 44.4 Å². The molecule has 29 heavy (non-hydrogen) atoms. The first-order valence-corrected chi connectivity index (χ1v) is 11.4. The second-order valence-electron chi connectivity index (χ2n) is 10.0. The molecule has 0 saturated heterocycles. The number of hydrogen-bond acceptors (Lipinski definition) is 0. The summed E-state index contributed by atoms with van der Waals surface area (Å²) in [6.45, 7) is 2.49. The molecule has 4 unspecified atom stereocenters. The summed E-state index contributed by atoms with van der Waals surface area (Å²) >= 11 is 0. The Balaban J connectivity index is 1.58. The third kappa shape index (κ3) is 1.96. The van der Waals surface area contributed by atoms with Crippen molar-refractivity contribution >= 4 is 21.8 Å². The highest BCUT2D eigenvalue weighted by atomic mass is 14.7. The average molecular weight is 378 g/mol. The van der Waals surface area contributed by atoms with Crippen LogP contribution in [-0.4, -0.2) is 4.98 Å². The van der Waals surface area contributed by atoms with E-state index in [1.165, 1.54) is 65.0 Å². The molecule has 2 saturated carbocycles. The van der Waals surface area contributed by atoms with Gasteiger partial charge in [0, 0.05) is 27.3 Å². The smallest absolute Gasteiger partial charge is 0.0547 e. The number of aromatic nitrogens is 1. The Morgan fingerprint density at radius 3 is 2.66 bits per heavy atom. The minimum atomic E-state index is 0.225. The van der Waals surface area contributed by atoms with Crippen molar-refractivity contribution < 1.29 is 0 Å². The van der Waals surface area contributed by atoms with Crippen molar-refractivity contribution in [1.29, 1.82) is 0 Å². The number of aromatic amines is 1. The third-order valence-corrected chi connectivity index (χ3v) is 8.52. The van der Waals surface area contributed by atoms with Crippen LogP contribution in [0.2, 0.25) is 0 Å². The molecule has 144 valence electrons. The predicted molar refractivity (Wildman–Crippen MR) is 121 cm³/mol. The predicted octanol–water partition coefficient (Wildman–Crippen LogP) is 7.43. The number of rotatable bonds is 0. The first kappa shape index (κ1) is 16.3. The molecule has 1 aromatic heterocycles. The van der Waals surface area contributed by atoms with Crippen LogP contribution in [0.1, 0.15) is 50.2 Å². The summed E-state index contributed by atoms with van der Waals surface area (Å²) in [5.74, 6) is 2.60. The fraction of sp³-hybridized carbons (Fsp3) is 0.357. The minimum Gasteiger partial charge on any atom is -0.354 e. The van der Waals surface area contributed by atoms with Crippen LogP contribution in [0.25, 0.3) is 32.9 Å². The maximum absolute atomic E-state index is 3.81. The van der Waals surface area contributed by atoms with Crippen LogP contribution in [0.15, 0.2) is 60.7 Å². The van der Waals surface area contributed by atoms with Crippen molar-refractivity contribution in [2.75, 3.05) is 0 Å². The van der Waals surface area contributed by atoms with E-state index in [2.05, 4.69) is 72.6 Å². The van der Waals surface area contributed by atoms with Gasteiger partial charge in [0.2, 0.25) is 0 Å².